The Hall–Kier alpha value is -2.68. The number of ether oxygens (including phenoxy) is 1. The molecule has 9 heteroatoms. The van der Waals surface area contributed by atoms with Crippen LogP contribution in [0.25, 0.3) is 0 Å². The number of imidazole rings is 1. The molecule has 2 aromatic rings. The lowest BCUT2D eigenvalue weighted by molar-refractivity contribution is -0.136. The van der Waals surface area contributed by atoms with Gasteiger partial charge in [-0.15, -0.1) is 0 Å². The Morgan fingerprint density at radius 1 is 1.00 bits per heavy atom. The van der Waals surface area contributed by atoms with Gasteiger partial charge in [-0.1, -0.05) is 19.3 Å². The lowest BCUT2D eigenvalue weighted by atomic mass is 9.87. The molecule has 1 atom stereocenters. The van der Waals surface area contributed by atoms with Crippen LogP contribution in [-0.4, -0.2) is 69.6 Å². The van der Waals surface area contributed by atoms with Crippen molar-refractivity contribution in [2.24, 2.45) is 0 Å². The van der Waals surface area contributed by atoms with E-state index in [4.69, 9.17) is 14.7 Å². The van der Waals surface area contributed by atoms with Crippen molar-refractivity contribution < 1.29 is 9.53 Å². The van der Waals surface area contributed by atoms with E-state index in [1.807, 2.05) is 11.1 Å². The second-order valence-electron chi connectivity index (χ2n) is 10.1. The number of amides is 1. The lowest BCUT2D eigenvalue weighted by Gasteiger charge is -2.32. The van der Waals surface area contributed by atoms with Crippen molar-refractivity contribution >= 4 is 23.6 Å². The van der Waals surface area contributed by atoms with Crippen LogP contribution in [0.1, 0.15) is 74.2 Å². The van der Waals surface area contributed by atoms with E-state index in [0.29, 0.717) is 38.2 Å². The van der Waals surface area contributed by atoms with Crippen LogP contribution in [-0.2, 0) is 22.4 Å². The van der Waals surface area contributed by atoms with Crippen LogP contribution in [0.5, 0.6) is 0 Å². The summed E-state index contributed by atoms with van der Waals surface area (Å²) in [5, 5.41) is 3.48. The minimum atomic E-state index is -0.188. The number of morpholine rings is 1. The number of fused-ring (bicyclic) bond motifs is 1. The van der Waals surface area contributed by atoms with E-state index >= 15 is 0 Å². The highest BCUT2D eigenvalue weighted by Gasteiger charge is 2.36. The summed E-state index contributed by atoms with van der Waals surface area (Å²) >= 11 is 0. The Bertz CT molecular complexity index is 1030. The van der Waals surface area contributed by atoms with Gasteiger partial charge in [-0.05, 0) is 44.9 Å². The summed E-state index contributed by atoms with van der Waals surface area (Å²) in [5.74, 6) is 3.03. The Morgan fingerprint density at radius 2 is 1.85 bits per heavy atom. The predicted molar refractivity (Wildman–Crippen MR) is 130 cm³/mol. The maximum atomic E-state index is 13.3. The number of anilines is 3. The third-order valence-corrected chi connectivity index (χ3v) is 7.92. The molecule has 4 heterocycles. The standard InChI is InChI=1S/C25H35N7O2/c33-23(31-12-14-34-15-13-31)21-10-5-11-32(21)25-28-19-9-4-8-18(19)22(30-25)29-24-26-16-20(27-24)17-6-2-1-3-7-17/h16-17,21H,1-15H2,(H2,26,27,28,29,30). The van der Waals surface area contributed by atoms with Gasteiger partial charge in [0.2, 0.25) is 17.8 Å². The molecule has 2 aliphatic carbocycles. The molecular weight excluding hydrogens is 430 g/mol. The molecule has 0 aromatic carbocycles. The number of carbonyl (C=O) groups is 1. The van der Waals surface area contributed by atoms with E-state index in [-0.39, 0.29) is 11.9 Å². The van der Waals surface area contributed by atoms with Gasteiger partial charge in [-0.3, -0.25) is 4.79 Å². The number of hydrogen-bond acceptors (Lipinski definition) is 7. The van der Waals surface area contributed by atoms with E-state index in [0.717, 1.165) is 56.1 Å². The van der Waals surface area contributed by atoms with Gasteiger partial charge in [0.05, 0.1) is 25.1 Å². The Kier molecular flexibility index (Phi) is 6.11. The van der Waals surface area contributed by atoms with Gasteiger partial charge in [0.25, 0.3) is 0 Å². The molecule has 0 bridgehead atoms. The summed E-state index contributed by atoms with van der Waals surface area (Å²) in [4.78, 5) is 35.4. The molecule has 34 heavy (non-hydrogen) atoms. The van der Waals surface area contributed by atoms with Gasteiger partial charge in [-0.2, -0.15) is 4.98 Å². The molecule has 182 valence electrons. The SMILES string of the molecule is O=C(C1CCCN1c1nc2c(c(Nc3ncc(C4CCCCC4)[nH]3)n1)CCC2)N1CCOCC1. The van der Waals surface area contributed by atoms with E-state index < -0.39 is 0 Å². The van der Waals surface area contributed by atoms with Gasteiger partial charge < -0.3 is 24.8 Å². The highest BCUT2D eigenvalue weighted by molar-refractivity contribution is 5.85. The maximum absolute atomic E-state index is 13.3. The molecular formula is C25H35N7O2. The van der Waals surface area contributed by atoms with Crippen LogP contribution >= 0.6 is 0 Å². The molecule has 2 saturated heterocycles. The number of aryl methyl sites for hydroxylation is 1. The molecule has 0 spiro atoms. The monoisotopic (exact) mass is 465 g/mol. The normalized spacial score (nSPS) is 23.4. The van der Waals surface area contributed by atoms with E-state index in [1.165, 1.54) is 43.4 Å². The quantitative estimate of drug-likeness (QED) is 0.699. The fourth-order valence-corrected chi connectivity index (χ4v) is 6.04. The number of carbonyl (C=O) groups excluding carboxylic acids is 1. The van der Waals surface area contributed by atoms with Crippen LogP contribution in [0.2, 0.25) is 0 Å². The minimum absolute atomic E-state index is 0.183. The number of H-pyrrole nitrogens is 1. The summed E-state index contributed by atoms with van der Waals surface area (Å²) in [7, 11) is 0. The van der Waals surface area contributed by atoms with Crippen molar-refractivity contribution in [2.45, 2.75) is 76.2 Å². The number of nitrogens with one attached hydrogen (secondary N) is 2. The van der Waals surface area contributed by atoms with Crippen LogP contribution in [0, 0.1) is 0 Å². The molecule has 2 aromatic heterocycles. The van der Waals surface area contributed by atoms with Crippen molar-refractivity contribution in [2.75, 3.05) is 43.1 Å². The summed E-state index contributed by atoms with van der Waals surface area (Å²) in [6.07, 6.45) is 13.3. The van der Waals surface area contributed by atoms with Crippen molar-refractivity contribution in [3.05, 3.63) is 23.1 Å². The second-order valence-corrected chi connectivity index (χ2v) is 10.1. The third-order valence-electron chi connectivity index (χ3n) is 7.92. The van der Waals surface area contributed by atoms with Crippen LogP contribution < -0.4 is 10.2 Å². The highest BCUT2D eigenvalue weighted by atomic mass is 16.5. The van der Waals surface area contributed by atoms with Crippen molar-refractivity contribution in [3.63, 3.8) is 0 Å². The van der Waals surface area contributed by atoms with E-state index in [9.17, 15) is 4.79 Å². The fraction of sp³-hybridized carbons (Fsp3) is 0.680. The molecule has 0 radical (unpaired) electrons. The molecule has 2 aliphatic heterocycles. The fourth-order valence-electron chi connectivity index (χ4n) is 6.04. The smallest absolute Gasteiger partial charge is 0.245 e. The largest absolute Gasteiger partial charge is 0.378 e. The van der Waals surface area contributed by atoms with Gasteiger partial charge in [-0.25, -0.2) is 9.97 Å². The Morgan fingerprint density at radius 3 is 2.71 bits per heavy atom. The second kappa shape index (κ2) is 9.52. The molecule has 2 N–H and O–H groups in total. The van der Waals surface area contributed by atoms with E-state index in [1.54, 1.807) is 0 Å². The van der Waals surface area contributed by atoms with Gasteiger partial charge >= 0.3 is 0 Å². The number of nitrogens with zero attached hydrogens (tertiary/aromatic N) is 5. The predicted octanol–water partition coefficient (Wildman–Crippen LogP) is 3.31. The average molecular weight is 466 g/mol. The number of hydrogen-bond donors (Lipinski definition) is 2. The molecule has 3 fully saturated rings. The summed E-state index contributed by atoms with van der Waals surface area (Å²) in [5.41, 5.74) is 3.52. The van der Waals surface area contributed by atoms with Gasteiger partial charge in [0, 0.05) is 36.8 Å². The summed E-state index contributed by atoms with van der Waals surface area (Å²) < 4.78 is 5.44. The van der Waals surface area contributed by atoms with Crippen molar-refractivity contribution in [3.8, 4) is 0 Å². The molecule has 9 nitrogen and oxygen atoms in total. The summed E-state index contributed by atoms with van der Waals surface area (Å²) in [6.45, 7) is 3.39. The van der Waals surface area contributed by atoms with Gasteiger partial charge in [0.15, 0.2) is 0 Å². The van der Waals surface area contributed by atoms with Crippen LogP contribution in [0.15, 0.2) is 6.20 Å². The topological polar surface area (TPSA) is 99.3 Å². The Balaban J connectivity index is 1.24. The highest BCUT2D eigenvalue weighted by Crippen LogP contribution is 2.34. The van der Waals surface area contributed by atoms with Gasteiger partial charge in [0.1, 0.15) is 11.9 Å². The van der Waals surface area contributed by atoms with Crippen LogP contribution in [0.4, 0.5) is 17.7 Å². The molecule has 6 rings (SSSR count). The molecule has 4 aliphatic rings. The molecule has 1 amide bonds. The van der Waals surface area contributed by atoms with Crippen LogP contribution in [0.3, 0.4) is 0 Å². The number of aromatic nitrogens is 4. The van der Waals surface area contributed by atoms with Crippen molar-refractivity contribution in [1.82, 2.24) is 24.8 Å². The first-order valence-electron chi connectivity index (χ1n) is 13.1. The third kappa shape index (κ3) is 4.26. The first kappa shape index (κ1) is 21.8. The maximum Gasteiger partial charge on any atom is 0.245 e. The summed E-state index contributed by atoms with van der Waals surface area (Å²) in [6, 6.07) is -0.188. The lowest BCUT2D eigenvalue weighted by Crippen LogP contribution is -2.50. The first-order chi connectivity index (χ1) is 16.8. The minimum Gasteiger partial charge on any atom is -0.378 e. The Labute approximate surface area is 200 Å². The first-order valence-corrected chi connectivity index (χ1v) is 13.1. The van der Waals surface area contributed by atoms with E-state index in [2.05, 4.69) is 20.2 Å². The number of aromatic amines is 1. The zero-order valence-corrected chi connectivity index (χ0v) is 19.9. The van der Waals surface area contributed by atoms with Crippen molar-refractivity contribution in [1.29, 1.82) is 0 Å². The molecule has 1 unspecified atom stereocenters. The average Bonchev–Trinajstić information content (AvgIpc) is 3.65. The molecule has 1 saturated carbocycles. The zero-order valence-electron chi connectivity index (χ0n) is 19.9. The number of rotatable bonds is 5. The zero-order chi connectivity index (χ0) is 22.9.